The fraction of sp³-hybridized carbons (Fsp3) is 0.458. The Morgan fingerprint density at radius 1 is 1.10 bits per heavy atom. The van der Waals surface area contributed by atoms with Crippen molar-refractivity contribution in [2.45, 2.75) is 37.8 Å². The third kappa shape index (κ3) is 5.35. The minimum Gasteiger partial charge on any atom is -0.486 e. The summed E-state index contributed by atoms with van der Waals surface area (Å²) in [7, 11) is 0. The normalized spacial score (nSPS) is 17.9. The number of aliphatic hydroxyl groups excluding tert-OH is 1. The Labute approximate surface area is 182 Å². The number of nitrogens with zero attached hydrogens (tertiary/aromatic N) is 1. The van der Waals surface area contributed by atoms with Crippen molar-refractivity contribution in [3.8, 4) is 11.5 Å². The Morgan fingerprint density at radius 3 is 2.61 bits per heavy atom. The molecular formula is C24H29FN2O4. The molecule has 1 amide bonds. The summed E-state index contributed by atoms with van der Waals surface area (Å²) in [4.78, 5) is 15.0. The predicted octanol–water partition coefficient (Wildman–Crippen LogP) is 2.84. The molecule has 2 atom stereocenters. The van der Waals surface area contributed by atoms with Crippen LogP contribution in [0.15, 0.2) is 42.5 Å². The smallest absolute Gasteiger partial charge is 0.220 e. The first-order valence-electron chi connectivity index (χ1n) is 10.9. The van der Waals surface area contributed by atoms with Crippen molar-refractivity contribution in [3.05, 3.63) is 59.4 Å². The standard InChI is InChI=1S/C24H29FN2O4/c25-19-5-3-4-17(14-19)6-9-23(29)26-20(16-28)24(27-10-1-2-11-27)18-7-8-21-22(15-18)31-13-12-30-21/h3-5,7-8,14-15,20,24,28H,1-2,6,9-13,16H2,(H,26,29)/t20-,24?/m0/s1. The highest BCUT2D eigenvalue weighted by Gasteiger charge is 2.32. The van der Waals surface area contributed by atoms with Gasteiger partial charge in [0.05, 0.1) is 18.7 Å². The van der Waals surface area contributed by atoms with E-state index >= 15 is 0 Å². The van der Waals surface area contributed by atoms with Crippen LogP contribution >= 0.6 is 0 Å². The number of rotatable bonds is 8. The number of carbonyl (C=O) groups is 1. The second kappa shape index (κ2) is 10.1. The van der Waals surface area contributed by atoms with Crippen molar-refractivity contribution >= 4 is 5.91 Å². The molecule has 1 unspecified atom stereocenters. The molecule has 7 heteroatoms. The van der Waals surface area contributed by atoms with Gasteiger partial charge in [0.15, 0.2) is 11.5 Å². The third-order valence-electron chi connectivity index (χ3n) is 5.90. The quantitative estimate of drug-likeness (QED) is 0.677. The topological polar surface area (TPSA) is 71.0 Å². The maximum absolute atomic E-state index is 13.4. The van der Waals surface area contributed by atoms with E-state index in [4.69, 9.17) is 9.47 Å². The van der Waals surface area contributed by atoms with Gasteiger partial charge in [-0.1, -0.05) is 18.2 Å². The van der Waals surface area contributed by atoms with E-state index in [1.807, 2.05) is 24.3 Å². The molecule has 2 heterocycles. The van der Waals surface area contributed by atoms with Crippen LogP contribution in [0.3, 0.4) is 0 Å². The van der Waals surface area contributed by atoms with E-state index in [1.54, 1.807) is 6.07 Å². The predicted molar refractivity (Wildman–Crippen MR) is 115 cm³/mol. The van der Waals surface area contributed by atoms with Crippen LogP contribution in [-0.2, 0) is 11.2 Å². The van der Waals surface area contributed by atoms with Crippen LogP contribution in [0.2, 0.25) is 0 Å². The highest BCUT2D eigenvalue weighted by molar-refractivity contribution is 5.76. The maximum Gasteiger partial charge on any atom is 0.220 e. The molecule has 31 heavy (non-hydrogen) atoms. The summed E-state index contributed by atoms with van der Waals surface area (Å²) in [5.41, 5.74) is 1.76. The van der Waals surface area contributed by atoms with E-state index in [0.717, 1.165) is 42.8 Å². The van der Waals surface area contributed by atoms with E-state index in [9.17, 15) is 14.3 Å². The van der Waals surface area contributed by atoms with Crippen molar-refractivity contribution in [1.29, 1.82) is 0 Å². The van der Waals surface area contributed by atoms with Crippen LogP contribution in [0.5, 0.6) is 11.5 Å². The van der Waals surface area contributed by atoms with Gasteiger partial charge in [0, 0.05) is 6.42 Å². The van der Waals surface area contributed by atoms with Crippen molar-refractivity contribution in [3.63, 3.8) is 0 Å². The zero-order valence-corrected chi connectivity index (χ0v) is 17.6. The number of fused-ring (bicyclic) bond motifs is 1. The summed E-state index contributed by atoms with van der Waals surface area (Å²) in [6.45, 7) is 2.68. The molecule has 2 aromatic rings. The van der Waals surface area contributed by atoms with Crippen LogP contribution < -0.4 is 14.8 Å². The van der Waals surface area contributed by atoms with Crippen LogP contribution in [0, 0.1) is 5.82 Å². The lowest BCUT2D eigenvalue weighted by Gasteiger charge is -2.35. The lowest BCUT2D eigenvalue weighted by molar-refractivity contribution is -0.122. The molecule has 2 N–H and O–H groups in total. The van der Waals surface area contributed by atoms with Crippen LogP contribution in [0.25, 0.3) is 0 Å². The number of carbonyl (C=O) groups excluding carboxylic acids is 1. The number of ether oxygens (including phenoxy) is 2. The minimum atomic E-state index is -0.458. The number of benzene rings is 2. The van der Waals surface area contributed by atoms with E-state index in [0.29, 0.717) is 25.4 Å². The van der Waals surface area contributed by atoms with Gasteiger partial charge in [-0.05, 0) is 67.7 Å². The molecule has 6 nitrogen and oxygen atoms in total. The van der Waals surface area contributed by atoms with E-state index < -0.39 is 6.04 Å². The fourth-order valence-electron chi connectivity index (χ4n) is 4.41. The molecule has 2 aliphatic rings. The first-order valence-corrected chi connectivity index (χ1v) is 10.9. The summed E-state index contributed by atoms with van der Waals surface area (Å²) >= 11 is 0. The molecule has 2 aromatic carbocycles. The van der Waals surface area contributed by atoms with Gasteiger partial charge in [-0.15, -0.1) is 0 Å². The average molecular weight is 429 g/mol. The second-order valence-corrected chi connectivity index (χ2v) is 8.08. The van der Waals surface area contributed by atoms with Crippen molar-refractivity contribution in [2.24, 2.45) is 0 Å². The lowest BCUT2D eigenvalue weighted by atomic mass is 9.97. The van der Waals surface area contributed by atoms with E-state index in [1.165, 1.54) is 12.1 Å². The summed E-state index contributed by atoms with van der Waals surface area (Å²) < 4.78 is 24.8. The van der Waals surface area contributed by atoms with Crippen LogP contribution in [0.1, 0.15) is 36.4 Å². The number of amides is 1. The summed E-state index contributed by atoms with van der Waals surface area (Å²) in [5, 5.41) is 13.2. The van der Waals surface area contributed by atoms with Gasteiger partial charge in [-0.3, -0.25) is 9.69 Å². The monoisotopic (exact) mass is 428 g/mol. The maximum atomic E-state index is 13.4. The van der Waals surface area contributed by atoms with Crippen molar-refractivity contribution in [2.75, 3.05) is 32.9 Å². The molecule has 0 saturated carbocycles. The molecule has 2 aliphatic heterocycles. The third-order valence-corrected chi connectivity index (χ3v) is 5.90. The fourth-order valence-corrected chi connectivity index (χ4v) is 4.41. The Bertz CT molecular complexity index is 901. The van der Waals surface area contributed by atoms with Gasteiger partial charge in [0.25, 0.3) is 0 Å². The number of nitrogens with one attached hydrogen (secondary N) is 1. The number of halogens is 1. The zero-order chi connectivity index (χ0) is 21.6. The van der Waals surface area contributed by atoms with E-state index in [-0.39, 0.29) is 30.8 Å². The number of likely N-dealkylation sites (tertiary alicyclic amines) is 1. The summed E-state index contributed by atoms with van der Waals surface area (Å²) in [6, 6.07) is 11.5. The zero-order valence-electron chi connectivity index (χ0n) is 17.6. The molecule has 0 aromatic heterocycles. The molecule has 1 fully saturated rings. The minimum absolute atomic E-state index is 0.162. The SMILES string of the molecule is O=C(CCc1cccc(F)c1)N[C@@H](CO)C(c1ccc2c(c1)OCCO2)N1CCCC1. The molecule has 0 bridgehead atoms. The summed E-state index contributed by atoms with van der Waals surface area (Å²) in [5.74, 6) is 0.945. The number of hydrogen-bond donors (Lipinski definition) is 2. The highest BCUT2D eigenvalue weighted by Crippen LogP contribution is 2.36. The molecule has 166 valence electrons. The Hall–Kier alpha value is -2.64. The molecule has 0 spiro atoms. The summed E-state index contributed by atoms with van der Waals surface area (Å²) in [6.07, 6.45) is 2.85. The Balaban J connectivity index is 1.48. The highest BCUT2D eigenvalue weighted by atomic mass is 19.1. The van der Waals surface area contributed by atoms with Gasteiger partial charge in [-0.25, -0.2) is 4.39 Å². The molecular weight excluding hydrogens is 399 g/mol. The molecule has 4 rings (SSSR count). The van der Waals surface area contributed by atoms with Crippen molar-refractivity contribution < 1.29 is 23.8 Å². The van der Waals surface area contributed by atoms with Crippen LogP contribution in [-0.4, -0.2) is 54.9 Å². The second-order valence-electron chi connectivity index (χ2n) is 8.08. The van der Waals surface area contributed by atoms with E-state index in [2.05, 4.69) is 10.2 Å². The van der Waals surface area contributed by atoms with Crippen LogP contribution in [0.4, 0.5) is 4.39 Å². The Kier molecular flexibility index (Phi) is 7.04. The van der Waals surface area contributed by atoms with Gasteiger partial charge in [0.1, 0.15) is 19.0 Å². The van der Waals surface area contributed by atoms with Crippen molar-refractivity contribution in [1.82, 2.24) is 10.2 Å². The largest absolute Gasteiger partial charge is 0.486 e. The lowest BCUT2D eigenvalue weighted by Crippen LogP contribution is -2.47. The first-order chi connectivity index (χ1) is 15.1. The Morgan fingerprint density at radius 2 is 1.87 bits per heavy atom. The average Bonchev–Trinajstić information content (AvgIpc) is 3.31. The van der Waals surface area contributed by atoms with Gasteiger partial charge < -0.3 is 19.9 Å². The number of aryl methyl sites for hydroxylation is 1. The molecule has 1 saturated heterocycles. The molecule has 0 aliphatic carbocycles. The van der Waals surface area contributed by atoms with Gasteiger partial charge >= 0.3 is 0 Å². The number of hydrogen-bond acceptors (Lipinski definition) is 5. The number of aliphatic hydroxyl groups is 1. The first kappa shape index (κ1) is 21.6. The molecule has 0 radical (unpaired) electrons. The van der Waals surface area contributed by atoms with Gasteiger partial charge in [-0.2, -0.15) is 0 Å². The van der Waals surface area contributed by atoms with Gasteiger partial charge in [0.2, 0.25) is 5.91 Å².